The number of esters is 1. The third-order valence-electron chi connectivity index (χ3n) is 10.8. The van der Waals surface area contributed by atoms with Gasteiger partial charge in [0.1, 0.15) is 6.10 Å². The van der Waals surface area contributed by atoms with Crippen molar-refractivity contribution < 1.29 is 24.5 Å². The molecule has 0 aliphatic carbocycles. The van der Waals surface area contributed by atoms with Crippen LogP contribution in [-0.4, -0.2) is 46.9 Å². The van der Waals surface area contributed by atoms with Gasteiger partial charge in [0.25, 0.3) is 0 Å². The first-order valence-electron chi connectivity index (χ1n) is 23.9. The number of hydrogen-bond acceptors (Lipinski definition) is 5. The molecule has 0 spiro atoms. The lowest BCUT2D eigenvalue weighted by Crippen LogP contribution is -2.46. The van der Waals surface area contributed by atoms with Crippen LogP contribution in [0.15, 0.2) is 48.6 Å². The number of aliphatic hydroxyl groups excluding tert-OH is 2. The summed E-state index contributed by atoms with van der Waals surface area (Å²) in [5.41, 5.74) is 0. The predicted molar refractivity (Wildman–Crippen MR) is 241 cm³/mol. The molecular weight excluding hydrogens is 695 g/mol. The van der Waals surface area contributed by atoms with Crippen LogP contribution in [0.2, 0.25) is 0 Å². The van der Waals surface area contributed by atoms with Gasteiger partial charge in [0.2, 0.25) is 5.91 Å². The molecule has 0 radical (unpaired) electrons. The molecule has 3 N–H and O–H groups in total. The minimum Gasteiger partial charge on any atom is -0.462 e. The molecule has 326 valence electrons. The number of aliphatic hydroxyl groups is 2. The zero-order chi connectivity index (χ0) is 41.0. The summed E-state index contributed by atoms with van der Waals surface area (Å²) in [6, 6.07) is -0.719. The fourth-order valence-electron chi connectivity index (χ4n) is 7.15. The molecule has 0 saturated heterocycles. The van der Waals surface area contributed by atoms with Crippen molar-refractivity contribution in [3.63, 3.8) is 0 Å². The molecule has 0 aliphatic rings. The average Bonchev–Trinajstić information content (AvgIpc) is 3.19. The van der Waals surface area contributed by atoms with E-state index in [1.807, 2.05) is 36.5 Å². The van der Waals surface area contributed by atoms with Gasteiger partial charge in [0, 0.05) is 6.42 Å². The molecule has 1 amide bonds. The third-order valence-corrected chi connectivity index (χ3v) is 10.8. The number of nitrogens with one attached hydrogen (secondary N) is 1. The number of allylic oxidation sites excluding steroid dienone is 8. The van der Waals surface area contributed by atoms with Crippen LogP contribution in [0, 0.1) is 0 Å². The van der Waals surface area contributed by atoms with Crippen molar-refractivity contribution >= 4 is 11.9 Å². The van der Waals surface area contributed by atoms with Crippen LogP contribution in [0.3, 0.4) is 0 Å². The van der Waals surface area contributed by atoms with Gasteiger partial charge in [-0.05, 0) is 38.5 Å². The number of carbonyl (C=O) groups is 2. The average molecular weight is 786 g/mol. The van der Waals surface area contributed by atoms with E-state index in [2.05, 4.69) is 38.2 Å². The van der Waals surface area contributed by atoms with Crippen molar-refractivity contribution in [2.75, 3.05) is 6.61 Å². The molecule has 3 unspecified atom stereocenters. The summed E-state index contributed by atoms with van der Waals surface area (Å²) in [4.78, 5) is 26.0. The van der Waals surface area contributed by atoms with Gasteiger partial charge in [-0.3, -0.25) is 9.59 Å². The van der Waals surface area contributed by atoms with Gasteiger partial charge in [-0.1, -0.05) is 230 Å². The van der Waals surface area contributed by atoms with Crippen LogP contribution in [0.25, 0.3) is 0 Å². The van der Waals surface area contributed by atoms with Crippen molar-refractivity contribution in [3.05, 3.63) is 48.6 Å². The Balaban J connectivity index is 4.59. The third kappa shape index (κ3) is 38.7. The SMILES string of the molecule is CC/C=C/C=C/C=C\C=C/CCCC(CC(=O)NC(CO)C(O)CCCCCCCCCCCC)OC(=O)CCCCCCCCCCCCCCCCCC. The normalized spacial score (nSPS) is 13.7. The Morgan fingerprint density at radius 2 is 0.964 bits per heavy atom. The van der Waals surface area contributed by atoms with Crippen molar-refractivity contribution in [2.45, 2.75) is 251 Å². The molecule has 0 bridgehead atoms. The molecule has 0 saturated carbocycles. The molecule has 0 aromatic heterocycles. The number of rotatable bonds is 42. The zero-order valence-corrected chi connectivity index (χ0v) is 37.0. The van der Waals surface area contributed by atoms with Gasteiger partial charge >= 0.3 is 5.97 Å². The summed E-state index contributed by atoms with van der Waals surface area (Å²) in [5.74, 6) is -0.538. The predicted octanol–water partition coefficient (Wildman–Crippen LogP) is 13.9. The number of ether oxygens (including phenoxy) is 1. The first-order chi connectivity index (χ1) is 27.5. The number of hydrogen-bond donors (Lipinski definition) is 3. The van der Waals surface area contributed by atoms with Crippen LogP contribution in [0.5, 0.6) is 0 Å². The van der Waals surface area contributed by atoms with E-state index < -0.39 is 18.2 Å². The van der Waals surface area contributed by atoms with Gasteiger partial charge in [-0.15, -0.1) is 0 Å². The highest BCUT2D eigenvalue weighted by atomic mass is 16.5. The van der Waals surface area contributed by atoms with E-state index in [-0.39, 0.29) is 24.9 Å². The highest BCUT2D eigenvalue weighted by Gasteiger charge is 2.24. The molecule has 3 atom stereocenters. The van der Waals surface area contributed by atoms with Gasteiger partial charge in [0.15, 0.2) is 0 Å². The molecule has 0 heterocycles. The van der Waals surface area contributed by atoms with E-state index in [0.29, 0.717) is 19.3 Å². The summed E-state index contributed by atoms with van der Waals surface area (Å²) >= 11 is 0. The molecule has 0 fully saturated rings. The van der Waals surface area contributed by atoms with Crippen LogP contribution in [-0.2, 0) is 14.3 Å². The Hall–Kier alpha value is -2.18. The standard InChI is InChI=1S/C50H91NO5/c1-4-7-10-13-16-19-22-23-24-25-26-28-31-34-37-40-43-50(55)56-46(41-38-35-32-29-27-20-17-14-11-8-5-2)44-49(54)51-47(45-52)48(53)42-39-36-33-30-21-18-15-12-9-6-3/h8,11,14,17,20,27,29,32,46-48,52-53H,4-7,9-10,12-13,15-16,18-19,21-26,28,30-31,33-45H2,1-3H3,(H,51,54)/b11-8+,17-14+,27-20-,32-29-. The van der Waals surface area contributed by atoms with E-state index >= 15 is 0 Å². The van der Waals surface area contributed by atoms with Crippen molar-refractivity contribution in [1.82, 2.24) is 5.32 Å². The number of unbranched alkanes of at least 4 members (excludes halogenated alkanes) is 25. The minimum atomic E-state index is -0.801. The molecule has 0 aliphatic heterocycles. The highest BCUT2D eigenvalue weighted by molar-refractivity contribution is 5.77. The Morgan fingerprint density at radius 3 is 1.43 bits per heavy atom. The summed E-state index contributed by atoms with van der Waals surface area (Å²) in [7, 11) is 0. The van der Waals surface area contributed by atoms with Crippen LogP contribution in [0.1, 0.15) is 233 Å². The Kier molecular flexibility index (Phi) is 42.2. The highest BCUT2D eigenvalue weighted by Crippen LogP contribution is 2.17. The van der Waals surface area contributed by atoms with Gasteiger partial charge in [-0.25, -0.2) is 0 Å². The van der Waals surface area contributed by atoms with E-state index in [1.165, 1.54) is 128 Å². The van der Waals surface area contributed by atoms with Crippen molar-refractivity contribution in [1.29, 1.82) is 0 Å². The monoisotopic (exact) mass is 786 g/mol. The maximum atomic E-state index is 13.1. The van der Waals surface area contributed by atoms with E-state index in [0.717, 1.165) is 57.8 Å². The Morgan fingerprint density at radius 1 is 0.536 bits per heavy atom. The Bertz CT molecular complexity index is 972. The summed E-state index contributed by atoms with van der Waals surface area (Å²) in [6.45, 7) is 6.30. The van der Waals surface area contributed by atoms with Crippen LogP contribution in [0.4, 0.5) is 0 Å². The van der Waals surface area contributed by atoms with Gasteiger partial charge in [-0.2, -0.15) is 0 Å². The van der Waals surface area contributed by atoms with E-state index in [1.54, 1.807) is 0 Å². The summed E-state index contributed by atoms with van der Waals surface area (Å²) in [6.07, 6.45) is 51.8. The van der Waals surface area contributed by atoms with E-state index in [9.17, 15) is 19.8 Å². The Labute approximate surface area is 346 Å². The molecule has 6 heteroatoms. The summed E-state index contributed by atoms with van der Waals surface area (Å²) < 4.78 is 5.87. The van der Waals surface area contributed by atoms with Gasteiger partial charge < -0.3 is 20.3 Å². The molecule has 0 aromatic rings. The topological polar surface area (TPSA) is 95.9 Å². The maximum Gasteiger partial charge on any atom is 0.306 e. The molecule has 56 heavy (non-hydrogen) atoms. The second kappa shape index (κ2) is 43.9. The van der Waals surface area contributed by atoms with Crippen LogP contribution >= 0.6 is 0 Å². The lowest BCUT2D eigenvalue weighted by molar-refractivity contribution is -0.151. The maximum absolute atomic E-state index is 13.1. The molecular formula is C50H91NO5. The quantitative estimate of drug-likeness (QED) is 0.0325. The summed E-state index contributed by atoms with van der Waals surface area (Å²) in [5, 5.41) is 23.6. The molecule has 6 nitrogen and oxygen atoms in total. The smallest absolute Gasteiger partial charge is 0.306 e. The second-order valence-electron chi connectivity index (χ2n) is 16.2. The lowest BCUT2D eigenvalue weighted by Gasteiger charge is -2.24. The molecule has 0 rings (SSSR count). The number of amides is 1. The van der Waals surface area contributed by atoms with Crippen molar-refractivity contribution in [3.8, 4) is 0 Å². The first-order valence-corrected chi connectivity index (χ1v) is 23.9. The first kappa shape index (κ1) is 53.8. The number of carbonyl (C=O) groups excluding carboxylic acids is 2. The second-order valence-corrected chi connectivity index (χ2v) is 16.2. The van der Waals surface area contributed by atoms with Crippen LogP contribution < -0.4 is 5.32 Å². The molecule has 0 aromatic carbocycles. The minimum absolute atomic E-state index is 0.0336. The van der Waals surface area contributed by atoms with E-state index in [4.69, 9.17) is 4.74 Å². The van der Waals surface area contributed by atoms with Gasteiger partial charge in [0.05, 0.1) is 25.2 Å². The fraction of sp³-hybridized carbons (Fsp3) is 0.800. The zero-order valence-electron chi connectivity index (χ0n) is 37.0. The van der Waals surface area contributed by atoms with Crippen molar-refractivity contribution in [2.24, 2.45) is 0 Å². The lowest BCUT2D eigenvalue weighted by atomic mass is 10.0. The largest absolute Gasteiger partial charge is 0.462 e. The fourth-order valence-corrected chi connectivity index (χ4v) is 7.15.